The smallest absolute Gasteiger partial charge is 0.295 e. The van der Waals surface area contributed by atoms with Gasteiger partial charge in [-0.3, -0.25) is 14.6 Å². The molecule has 5 nitrogen and oxygen atoms in total. The Morgan fingerprint density at radius 1 is 1.00 bits per heavy atom. The van der Waals surface area contributed by atoms with Crippen molar-refractivity contribution in [2.45, 2.75) is 44.2 Å². The molecule has 1 amide bonds. The zero-order chi connectivity index (χ0) is 18.8. The number of hydrogen-bond acceptors (Lipinski definition) is 4. The molecular weight excluding hydrogens is 340 g/mol. The minimum atomic E-state index is -0.615. The van der Waals surface area contributed by atoms with Crippen LogP contribution in [-0.4, -0.2) is 32.7 Å². The number of pyridine rings is 1. The summed E-state index contributed by atoms with van der Waals surface area (Å²) in [4.78, 5) is 31.7. The maximum Gasteiger partial charge on any atom is 0.295 e. The second-order valence-electron chi connectivity index (χ2n) is 7.15. The van der Waals surface area contributed by atoms with Crippen LogP contribution in [0.2, 0.25) is 0 Å². The van der Waals surface area contributed by atoms with Gasteiger partial charge in [0.2, 0.25) is 0 Å². The highest BCUT2D eigenvalue weighted by Gasteiger charge is 2.48. The Morgan fingerprint density at radius 2 is 1.74 bits per heavy atom. The molecule has 0 radical (unpaired) electrons. The van der Waals surface area contributed by atoms with E-state index in [-0.39, 0.29) is 17.4 Å². The number of Topliss-reactive ketones (excluding diaryl/α,β-unsaturated/α-hetero) is 1. The van der Waals surface area contributed by atoms with Crippen molar-refractivity contribution >= 4 is 17.4 Å². The van der Waals surface area contributed by atoms with E-state index < -0.39 is 17.7 Å². The molecule has 1 saturated heterocycles. The Morgan fingerprint density at radius 3 is 2.41 bits per heavy atom. The van der Waals surface area contributed by atoms with Gasteiger partial charge in [0.25, 0.3) is 11.7 Å². The largest absolute Gasteiger partial charge is 0.507 e. The third-order valence-electron chi connectivity index (χ3n) is 5.50. The van der Waals surface area contributed by atoms with E-state index in [4.69, 9.17) is 0 Å². The number of aromatic nitrogens is 1. The summed E-state index contributed by atoms with van der Waals surface area (Å²) in [6.07, 6.45) is 8.35. The van der Waals surface area contributed by atoms with E-state index in [1.807, 2.05) is 12.1 Å². The van der Waals surface area contributed by atoms with E-state index in [1.165, 1.54) is 0 Å². The average Bonchev–Trinajstić information content (AvgIpc) is 3.00. The lowest BCUT2D eigenvalue weighted by Gasteiger charge is -2.35. The van der Waals surface area contributed by atoms with Crippen molar-refractivity contribution in [3.8, 4) is 0 Å². The number of likely N-dealkylation sites (tertiary alicyclic amines) is 1. The molecule has 2 heterocycles. The predicted molar refractivity (Wildman–Crippen MR) is 102 cm³/mol. The summed E-state index contributed by atoms with van der Waals surface area (Å²) in [5.74, 6) is -1.26. The van der Waals surface area contributed by atoms with Gasteiger partial charge in [-0.2, -0.15) is 0 Å². The lowest BCUT2D eigenvalue weighted by molar-refractivity contribution is -0.141. The summed E-state index contributed by atoms with van der Waals surface area (Å²) in [5.41, 5.74) is 1.44. The lowest BCUT2D eigenvalue weighted by Crippen LogP contribution is -2.40. The minimum absolute atomic E-state index is 0.0153. The average molecular weight is 362 g/mol. The van der Waals surface area contributed by atoms with Crippen molar-refractivity contribution in [2.75, 3.05) is 0 Å². The van der Waals surface area contributed by atoms with Crippen molar-refractivity contribution in [3.05, 3.63) is 71.6 Å². The molecule has 1 aliphatic carbocycles. The first-order chi connectivity index (χ1) is 13.2. The standard InChI is InChI=1S/C22H22N2O3/c25-20(15-8-3-1-4-9-15)18-19(16-10-7-13-23-14-16)24(22(27)21(18)26)17-11-5-2-6-12-17/h1,3-4,7-10,13-14,17,19,25H,2,5-6,11-12H2/b20-18-. The number of carbonyl (C=O) groups is 2. The fraction of sp³-hybridized carbons (Fsp3) is 0.318. The zero-order valence-corrected chi connectivity index (χ0v) is 15.0. The molecule has 5 heteroatoms. The third-order valence-corrected chi connectivity index (χ3v) is 5.50. The van der Waals surface area contributed by atoms with Crippen LogP contribution in [0.5, 0.6) is 0 Å². The highest BCUT2D eigenvalue weighted by atomic mass is 16.3. The molecule has 1 aromatic heterocycles. The van der Waals surface area contributed by atoms with Gasteiger partial charge in [0.1, 0.15) is 5.76 Å². The number of ketones is 1. The van der Waals surface area contributed by atoms with Crippen LogP contribution in [0.15, 0.2) is 60.4 Å². The molecule has 4 rings (SSSR count). The van der Waals surface area contributed by atoms with Gasteiger partial charge in [-0.25, -0.2) is 0 Å². The van der Waals surface area contributed by atoms with Crippen LogP contribution >= 0.6 is 0 Å². The van der Waals surface area contributed by atoms with Crippen molar-refractivity contribution in [2.24, 2.45) is 0 Å². The maximum atomic E-state index is 12.9. The van der Waals surface area contributed by atoms with Crippen molar-refractivity contribution < 1.29 is 14.7 Å². The van der Waals surface area contributed by atoms with Gasteiger partial charge in [-0.05, 0) is 24.5 Å². The van der Waals surface area contributed by atoms with Crippen molar-refractivity contribution in [1.82, 2.24) is 9.88 Å². The number of amides is 1. The Hall–Kier alpha value is -2.95. The van der Waals surface area contributed by atoms with E-state index in [2.05, 4.69) is 4.98 Å². The van der Waals surface area contributed by atoms with E-state index in [0.717, 1.165) is 37.7 Å². The Balaban J connectivity index is 1.86. The van der Waals surface area contributed by atoms with E-state index >= 15 is 0 Å². The summed E-state index contributed by atoms with van der Waals surface area (Å²) in [6.45, 7) is 0. The quantitative estimate of drug-likeness (QED) is 0.512. The minimum Gasteiger partial charge on any atom is -0.507 e. The first-order valence-electron chi connectivity index (χ1n) is 9.44. The fourth-order valence-electron chi connectivity index (χ4n) is 4.20. The summed E-state index contributed by atoms with van der Waals surface area (Å²) < 4.78 is 0. The monoisotopic (exact) mass is 362 g/mol. The molecule has 2 aliphatic rings. The second-order valence-corrected chi connectivity index (χ2v) is 7.15. The molecule has 1 saturated carbocycles. The van der Waals surface area contributed by atoms with Crippen LogP contribution in [0.4, 0.5) is 0 Å². The summed E-state index contributed by atoms with van der Waals surface area (Å²) in [7, 11) is 0. The number of carbonyl (C=O) groups excluding carboxylic acids is 2. The molecular formula is C22H22N2O3. The fourth-order valence-corrected chi connectivity index (χ4v) is 4.20. The van der Waals surface area contributed by atoms with Crippen molar-refractivity contribution in [3.63, 3.8) is 0 Å². The van der Waals surface area contributed by atoms with E-state index in [9.17, 15) is 14.7 Å². The molecule has 27 heavy (non-hydrogen) atoms. The number of rotatable bonds is 3. The number of benzene rings is 1. The second kappa shape index (κ2) is 7.35. The molecule has 1 N–H and O–H groups in total. The van der Waals surface area contributed by atoms with Gasteiger partial charge in [-0.1, -0.05) is 55.7 Å². The molecule has 1 aromatic carbocycles. The highest BCUT2D eigenvalue weighted by molar-refractivity contribution is 6.46. The van der Waals surface area contributed by atoms with Crippen LogP contribution in [-0.2, 0) is 9.59 Å². The van der Waals surface area contributed by atoms with Gasteiger partial charge in [0, 0.05) is 24.0 Å². The van der Waals surface area contributed by atoms with E-state index in [1.54, 1.807) is 47.6 Å². The Labute approximate surface area is 158 Å². The zero-order valence-electron chi connectivity index (χ0n) is 15.0. The first kappa shape index (κ1) is 17.5. The van der Waals surface area contributed by atoms with E-state index in [0.29, 0.717) is 5.56 Å². The normalized spacial score (nSPS) is 23.0. The lowest BCUT2D eigenvalue weighted by atomic mass is 9.91. The highest BCUT2D eigenvalue weighted by Crippen LogP contribution is 2.42. The van der Waals surface area contributed by atoms with Crippen LogP contribution in [0, 0.1) is 0 Å². The molecule has 2 aromatic rings. The topological polar surface area (TPSA) is 70.5 Å². The van der Waals surface area contributed by atoms with Gasteiger partial charge in [-0.15, -0.1) is 0 Å². The molecule has 0 spiro atoms. The molecule has 138 valence electrons. The number of hydrogen-bond donors (Lipinski definition) is 1. The van der Waals surface area contributed by atoms with Gasteiger partial charge < -0.3 is 10.0 Å². The third kappa shape index (κ3) is 3.14. The molecule has 2 fully saturated rings. The number of aliphatic hydroxyl groups is 1. The summed E-state index contributed by atoms with van der Waals surface area (Å²) in [5, 5.41) is 10.9. The van der Waals surface area contributed by atoms with Crippen LogP contribution in [0.1, 0.15) is 49.3 Å². The Kier molecular flexibility index (Phi) is 4.75. The Bertz CT molecular complexity index is 871. The SMILES string of the molecule is O=C1C(=O)N(C2CCCCC2)C(c2cccnc2)/C1=C(/O)c1ccccc1. The number of nitrogens with zero attached hydrogens (tertiary/aromatic N) is 2. The summed E-state index contributed by atoms with van der Waals surface area (Å²) in [6, 6.07) is 12.0. The van der Waals surface area contributed by atoms with Crippen molar-refractivity contribution in [1.29, 1.82) is 0 Å². The molecule has 0 bridgehead atoms. The predicted octanol–water partition coefficient (Wildman–Crippen LogP) is 3.84. The van der Waals surface area contributed by atoms with Crippen LogP contribution in [0.25, 0.3) is 5.76 Å². The van der Waals surface area contributed by atoms with Gasteiger partial charge >= 0.3 is 0 Å². The maximum absolute atomic E-state index is 12.9. The first-order valence-corrected chi connectivity index (χ1v) is 9.44. The molecule has 1 unspecified atom stereocenters. The van der Waals surface area contributed by atoms with Gasteiger partial charge in [0.15, 0.2) is 0 Å². The number of aliphatic hydroxyl groups excluding tert-OH is 1. The molecule has 1 aliphatic heterocycles. The summed E-state index contributed by atoms with van der Waals surface area (Å²) >= 11 is 0. The van der Waals surface area contributed by atoms with Crippen LogP contribution in [0.3, 0.4) is 0 Å². The molecule has 1 atom stereocenters. The van der Waals surface area contributed by atoms with Gasteiger partial charge in [0.05, 0.1) is 11.6 Å². The van der Waals surface area contributed by atoms with Crippen LogP contribution < -0.4 is 0 Å².